The van der Waals surface area contributed by atoms with Gasteiger partial charge in [0.15, 0.2) is 10.8 Å². The largest absolute Gasteiger partial charge is 0.434 e. The highest BCUT2D eigenvalue weighted by atomic mass is 32.1. The topological polar surface area (TPSA) is 72.3 Å². The van der Waals surface area contributed by atoms with Gasteiger partial charge in [0.1, 0.15) is 11.5 Å². The SMILES string of the molecule is O=C(Nc1nc(CN2CCOCC2)cs1)c1cnn(-c2ccccc2F)c1C(F)(F)F. The fraction of sp³-hybridized carbons (Fsp3) is 0.316. The number of thiazole rings is 1. The Labute approximate surface area is 178 Å². The lowest BCUT2D eigenvalue weighted by Crippen LogP contribution is -2.35. The number of alkyl halides is 3. The molecule has 1 saturated heterocycles. The van der Waals surface area contributed by atoms with E-state index in [1.165, 1.54) is 12.1 Å². The van der Waals surface area contributed by atoms with Gasteiger partial charge in [-0.2, -0.15) is 18.3 Å². The third-order valence-corrected chi connectivity index (χ3v) is 5.43. The second-order valence-corrected chi connectivity index (χ2v) is 7.61. The van der Waals surface area contributed by atoms with Crippen LogP contribution in [0.1, 0.15) is 21.7 Å². The average Bonchev–Trinajstić information content (AvgIpc) is 3.36. The van der Waals surface area contributed by atoms with E-state index in [1.807, 2.05) is 0 Å². The van der Waals surface area contributed by atoms with Crippen molar-refractivity contribution in [2.45, 2.75) is 12.7 Å². The third kappa shape index (κ3) is 4.75. The van der Waals surface area contributed by atoms with Crippen LogP contribution in [0.3, 0.4) is 0 Å². The summed E-state index contributed by atoms with van der Waals surface area (Å²) < 4.78 is 60.9. The molecule has 3 aromatic rings. The number of anilines is 1. The van der Waals surface area contributed by atoms with Gasteiger partial charge in [0.2, 0.25) is 0 Å². The average molecular weight is 455 g/mol. The molecule has 164 valence electrons. The van der Waals surface area contributed by atoms with Gasteiger partial charge in [0, 0.05) is 25.0 Å². The van der Waals surface area contributed by atoms with Crippen LogP contribution in [0.25, 0.3) is 5.69 Å². The van der Waals surface area contributed by atoms with E-state index in [1.54, 1.807) is 5.38 Å². The fourth-order valence-electron chi connectivity index (χ4n) is 3.18. The van der Waals surface area contributed by atoms with Crippen LogP contribution in [-0.2, 0) is 17.5 Å². The quantitative estimate of drug-likeness (QED) is 0.596. The molecule has 0 atom stereocenters. The minimum absolute atomic E-state index is 0.167. The smallest absolute Gasteiger partial charge is 0.379 e. The number of ether oxygens (including phenoxy) is 1. The van der Waals surface area contributed by atoms with Crippen LogP contribution in [0.4, 0.5) is 22.7 Å². The van der Waals surface area contributed by atoms with Gasteiger partial charge >= 0.3 is 6.18 Å². The van der Waals surface area contributed by atoms with Crippen LogP contribution in [0.15, 0.2) is 35.8 Å². The normalized spacial score (nSPS) is 15.2. The van der Waals surface area contributed by atoms with E-state index in [0.29, 0.717) is 30.1 Å². The molecular formula is C19H17F4N5O2S. The molecule has 1 aliphatic rings. The molecule has 1 aromatic carbocycles. The Morgan fingerprint density at radius 2 is 1.97 bits per heavy atom. The van der Waals surface area contributed by atoms with Crippen molar-refractivity contribution in [2.24, 2.45) is 0 Å². The zero-order valence-electron chi connectivity index (χ0n) is 16.0. The molecule has 1 aliphatic heterocycles. The van der Waals surface area contributed by atoms with Crippen LogP contribution in [0.5, 0.6) is 0 Å². The number of benzene rings is 1. The summed E-state index contributed by atoms with van der Waals surface area (Å²) >= 11 is 1.11. The molecule has 0 aliphatic carbocycles. The molecule has 0 saturated carbocycles. The number of carbonyl (C=O) groups is 1. The molecule has 7 nitrogen and oxygen atoms in total. The van der Waals surface area contributed by atoms with Crippen molar-refractivity contribution in [3.8, 4) is 5.69 Å². The number of nitrogens with zero attached hydrogens (tertiary/aromatic N) is 4. The highest BCUT2D eigenvalue weighted by Gasteiger charge is 2.41. The number of aromatic nitrogens is 3. The second-order valence-electron chi connectivity index (χ2n) is 6.75. The van der Waals surface area contributed by atoms with Crippen molar-refractivity contribution in [1.29, 1.82) is 0 Å². The summed E-state index contributed by atoms with van der Waals surface area (Å²) in [5.74, 6) is -1.92. The van der Waals surface area contributed by atoms with Gasteiger partial charge in [-0.1, -0.05) is 12.1 Å². The van der Waals surface area contributed by atoms with Crippen molar-refractivity contribution < 1.29 is 27.1 Å². The summed E-state index contributed by atoms with van der Waals surface area (Å²) in [5, 5.41) is 7.91. The third-order valence-electron chi connectivity index (χ3n) is 4.62. The number of morpholine rings is 1. The second kappa shape index (κ2) is 8.73. The van der Waals surface area contributed by atoms with Gasteiger partial charge in [-0.25, -0.2) is 14.1 Å². The lowest BCUT2D eigenvalue weighted by atomic mass is 10.2. The van der Waals surface area contributed by atoms with Crippen molar-refractivity contribution in [3.05, 3.63) is 58.6 Å². The van der Waals surface area contributed by atoms with Crippen molar-refractivity contribution >= 4 is 22.4 Å². The molecule has 1 amide bonds. The van der Waals surface area contributed by atoms with Crippen LogP contribution in [0.2, 0.25) is 0 Å². The van der Waals surface area contributed by atoms with Gasteiger partial charge in [-0.15, -0.1) is 11.3 Å². The first-order chi connectivity index (χ1) is 14.8. The first-order valence-electron chi connectivity index (χ1n) is 9.29. The summed E-state index contributed by atoms with van der Waals surface area (Å²) in [5.41, 5.74) is -1.79. The highest BCUT2D eigenvalue weighted by molar-refractivity contribution is 7.14. The van der Waals surface area contributed by atoms with E-state index in [-0.39, 0.29) is 5.13 Å². The summed E-state index contributed by atoms with van der Waals surface area (Å²) in [7, 11) is 0. The number of hydrogen-bond donors (Lipinski definition) is 1. The summed E-state index contributed by atoms with van der Waals surface area (Å²) in [6, 6.07) is 4.90. The van der Waals surface area contributed by atoms with Crippen LogP contribution >= 0.6 is 11.3 Å². The van der Waals surface area contributed by atoms with Gasteiger partial charge in [-0.3, -0.25) is 15.0 Å². The molecule has 0 radical (unpaired) electrons. The number of hydrogen-bond acceptors (Lipinski definition) is 6. The van der Waals surface area contributed by atoms with E-state index < -0.39 is 34.8 Å². The highest BCUT2D eigenvalue weighted by Crippen LogP contribution is 2.34. The molecule has 4 rings (SSSR count). The van der Waals surface area contributed by atoms with Gasteiger partial charge in [0.25, 0.3) is 5.91 Å². The Morgan fingerprint density at radius 3 is 2.68 bits per heavy atom. The fourth-order valence-corrected chi connectivity index (χ4v) is 3.88. The minimum Gasteiger partial charge on any atom is -0.379 e. The van der Waals surface area contributed by atoms with E-state index in [2.05, 4.69) is 20.3 Å². The Hall–Kier alpha value is -2.83. The molecule has 0 unspecified atom stereocenters. The molecule has 2 aromatic heterocycles. The molecule has 0 bridgehead atoms. The zero-order chi connectivity index (χ0) is 22.0. The summed E-state index contributed by atoms with van der Waals surface area (Å²) in [6.45, 7) is 3.31. The maximum absolute atomic E-state index is 14.0. The summed E-state index contributed by atoms with van der Waals surface area (Å²) in [4.78, 5) is 19.0. The van der Waals surface area contributed by atoms with Crippen molar-refractivity contribution in [2.75, 3.05) is 31.6 Å². The Balaban J connectivity index is 1.56. The van der Waals surface area contributed by atoms with E-state index in [9.17, 15) is 22.4 Å². The van der Waals surface area contributed by atoms with Gasteiger partial charge in [-0.05, 0) is 12.1 Å². The van der Waals surface area contributed by atoms with Gasteiger partial charge in [0.05, 0.1) is 30.7 Å². The number of amides is 1. The number of para-hydroxylation sites is 1. The lowest BCUT2D eigenvalue weighted by Gasteiger charge is -2.25. The Kier molecular flexibility index (Phi) is 6.03. The first kappa shape index (κ1) is 21.4. The van der Waals surface area contributed by atoms with E-state index in [4.69, 9.17) is 4.74 Å². The molecule has 3 heterocycles. The maximum Gasteiger partial charge on any atom is 0.434 e. The Morgan fingerprint density at radius 1 is 1.23 bits per heavy atom. The molecule has 12 heteroatoms. The standard InChI is InChI=1S/C19H17F4N5O2S/c20-14-3-1-2-4-15(14)28-16(19(21,22)23)13(9-24-28)17(29)26-18-25-12(11-31-18)10-27-5-7-30-8-6-27/h1-4,9,11H,5-8,10H2,(H,25,26,29). The number of nitrogens with one attached hydrogen (secondary N) is 1. The lowest BCUT2D eigenvalue weighted by molar-refractivity contribution is -0.143. The molecule has 0 spiro atoms. The van der Waals surface area contributed by atoms with E-state index in [0.717, 1.165) is 42.8 Å². The van der Waals surface area contributed by atoms with Crippen molar-refractivity contribution in [3.63, 3.8) is 0 Å². The van der Waals surface area contributed by atoms with E-state index >= 15 is 0 Å². The molecular weight excluding hydrogens is 438 g/mol. The monoisotopic (exact) mass is 455 g/mol. The molecule has 31 heavy (non-hydrogen) atoms. The molecule has 1 N–H and O–H groups in total. The number of rotatable bonds is 5. The molecule has 1 fully saturated rings. The first-order valence-corrected chi connectivity index (χ1v) is 10.2. The predicted molar refractivity (Wildman–Crippen MR) is 105 cm³/mol. The van der Waals surface area contributed by atoms with Crippen LogP contribution in [0, 0.1) is 5.82 Å². The van der Waals surface area contributed by atoms with Crippen molar-refractivity contribution in [1.82, 2.24) is 19.7 Å². The maximum atomic E-state index is 14.0. The number of carbonyl (C=O) groups excluding carboxylic acids is 1. The predicted octanol–water partition coefficient (Wildman–Crippen LogP) is 3.57. The zero-order valence-corrected chi connectivity index (χ0v) is 16.8. The van der Waals surface area contributed by atoms with Crippen LogP contribution < -0.4 is 5.32 Å². The number of halogens is 4. The summed E-state index contributed by atoms with van der Waals surface area (Å²) in [6.07, 6.45) is -4.16. The van der Waals surface area contributed by atoms with Crippen LogP contribution in [-0.4, -0.2) is 51.9 Å². The van der Waals surface area contributed by atoms with Gasteiger partial charge < -0.3 is 4.74 Å². The minimum atomic E-state index is -4.93. The Bertz CT molecular complexity index is 1080.